The minimum atomic E-state index is 0.834. The summed E-state index contributed by atoms with van der Waals surface area (Å²) >= 11 is 5.09. The van der Waals surface area contributed by atoms with E-state index in [1.165, 1.54) is 0 Å². The molecule has 0 saturated heterocycles. The minimum Gasteiger partial charge on any atom is -0.102 e. The van der Waals surface area contributed by atoms with Crippen LogP contribution in [-0.2, 0) is 0 Å². The van der Waals surface area contributed by atoms with Gasteiger partial charge in [0.25, 0.3) is 0 Å². The van der Waals surface area contributed by atoms with E-state index in [0.717, 1.165) is 10.4 Å². The van der Waals surface area contributed by atoms with Crippen LogP contribution < -0.4 is 0 Å². The summed E-state index contributed by atoms with van der Waals surface area (Å²) in [5.74, 6) is 0. The first-order chi connectivity index (χ1) is 5.34. The lowest BCUT2D eigenvalue weighted by molar-refractivity contribution is 1.66. The van der Waals surface area contributed by atoms with E-state index >= 15 is 0 Å². The van der Waals surface area contributed by atoms with E-state index in [4.69, 9.17) is 12.2 Å². The Morgan fingerprint density at radius 2 is 1.91 bits per heavy atom. The maximum atomic E-state index is 5.09. The van der Waals surface area contributed by atoms with Crippen molar-refractivity contribution < 1.29 is 0 Å². The molecular weight excluding hydrogens is 152 g/mol. The molecule has 1 aromatic rings. The highest BCUT2D eigenvalue weighted by molar-refractivity contribution is 7.81. The number of allylic oxidation sites excluding steroid dienone is 1. The highest BCUT2D eigenvalue weighted by atomic mass is 32.1. The molecule has 0 amide bonds. The lowest BCUT2D eigenvalue weighted by Gasteiger charge is -1.97. The third-order valence-electron chi connectivity index (χ3n) is 1.33. The Labute approximate surface area is 72.6 Å². The van der Waals surface area contributed by atoms with Gasteiger partial charge in [-0.3, -0.25) is 0 Å². The first kappa shape index (κ1) is 8.15. The normalized spacial score (nSPS) is 9.09. The third-order valence-corrected chi connectivity index (χ3v) is 1.70. The lowest BCUT2D eigenvalue weighted by atomic mass is 10.1. The number of rotatable bonds is 3. The first-order valence-corrected chi connectivity index (χ1v) is 3.80. The molecule has 55 valence electrons. The molecule has 0 fully saturated rings. The lowest BCUT2D eigenvalue weighted by Crippen LogP contribution is -1.94. The smallest absolute Gasteiger partial charge is 0.0302 e. The van der Waals surface area contributed by atoms with E-state index < -0.39 is 0 Å². The molecular formula is C10H9S. The summed E-state index contributed by atoms with van der Waals surface area (Å²) in [6.07, 6.45) is 3.53. The molecule has 0 aliphatic rings. The van der Waals surface area contributed by atoms with Crippen molar-refractivity contribution in [3.8, 4) is 0 Å². The Morgan fingerprint density at radius 1 is 1.27 bits per heavy atom. The number of hydrogen-bond donors (Lipinski definition) is 0. The zero-order valence-corrected chi connectivity index (χ0v) is 6.97. The van der Waals surface area contributed by atoms with E-state index in [9.17, 15) is 0 Å². The summed E-state index contributed by atoms with van der Waals surface area (Å²) in [6.45, 7) is 3.58. The standard InChI is InChI=1S/C10H9S/c1-2-6-10(11)9-7-4-3-5-8-9/h2-8H,1H2. The Kier molecular flexibility index (Phi) is 2.99. The van der Waals surface area contributed by atoms with Gasteiger partial charge in [-0.2, -0.15) is 0 Å². The molecule has 0 heterocycles. The SMILES string of the molecule is C=C[CH]C(=S)c1ccccc1. The molecule has 1 heteroatoms. The fourth-order valence-electron chi connectivity index (χ4n) is 0.806. The van der Waals surface area contributed by atoms with E-state index in [-0.39, 0.29) is 0 Å². The van der Waals surface area contributed by atoms with Gasteiger partial charge in [0.15, 0.2) is 0 Å². The van der Waals surface area contributed by atoms with Crippen LogP contribution in [0.15, 0.2) is 43.0 Å². The fraction of sp³-hybridized carbons (Fsp3) is 0. The molecule has 0 N–H and O–H groups in total. The van der Waals surface area contributed by atoms with Crippen LogP contribution in [0.25, 0.3) is 0 Å². The summed E-state index contributed by atoms with van der Waals surface area (Å²) < 4.78 is 0. The Bertz CT molecular complexity index is 249. The van der Waals surface area contributed by atoms with Gasteiger partial charge in [0.1, 0.15) is 0 Å². The zero-order valence-electron chi connectivity index (χ0n) is 6.16. The summed E-state index contributed by atoms with van der Waals surface area (Å²) in [4.78, 5) is 0.834. The second kappa shape index (κ2) is 4.04. The number of benzene rings is 1. The maximum absolute atomic E-state index is 5.09. The monoisotopic (exact) mass is 161 g/mol. The Morgan fingerprint density at radius 3 is 2.45 bits per heavy atom. The van der Waals surface area contributed by atoms with Gasteiger partial charge in [0.2, 0.25) is 0 Å². The first-order valence-electron chi connectivity index (χ1n) is 3.40. The molecule has 0 aliphatic carbocycles. The average Bonchev–Trinajstić information content (AvgIpc) is 2.07. The van der Waals surface area contributed by atoms with Crippen molar-refractivity contribution in [3.05, 3.63) is 55.0 Å². The molecule has 0 unspecified atom stereocenters. The van der Waals surface area contributed by atoms with Gasteiger partial charge in [-0.1, -0.05) is 48.6 Å². The van der Waals surface area contributed by atoms with Crippen LogP contribution in [0.5, 0.6) is 0 Å². The van der Waals surface area contributed by atoms with Crippen LogP contribution in [0, 0.1) is 6.42 Å². The predicted molar refractivity (Wildman–Crippen MR) is 52.6 cm³/mol. The Balaban J connectivity index is 2.77. The second-order valence-electron chi connectivity index (χ2n) is 2.13. The molecule has 0 bridgehead atoms. The van der Waals surface area contributed by atoms with Crippen LogP contribution in [0.1, 0.15) is 5.56 Å². The van der Waals surface area contributed by atoms with E-state index in [2.05, 4.69) is 6.58 Å². The summed E-state index contributed by atoms with van der Waals surface area (Å²) in [5, 5.41) is 0. The van der Waals surface area contributed by atoms with Gasteiger partial charge in [-0.05, 0) is 5.56 Å². The van der Waals surface area contributed by atoms with Crippen LogP contribution >= 0.6 is 12.2 Å². The van der Waals surface area contributed by atoms with Crippen LogP contribution in [0.2, 0.25) is 0 Å². The number of hydrogen-bond acceptors (Lipinski definition) is 1. The third kappa shape index (κ3) is 2.28. The highest BCUT2D eigenvalue weighted by Gasteiger charge is 1.95. The van der Waals surface area contributed by atoms with Gasteiger partial charge in [-0.15, -0.1) is 6.58 Å². The van der Waals surface area contributed by atoms with Gasteiger partial charge >= 0.3 is 0 Å². The van der Waals surface area contributed by atoms with E-state index in [1.807, 2.05) is 36.8 Å². The zero-order chi connectivity index (χ0) is 8.10. The molecule has 0 nitrogen and oxygen atoms in total. The van der Waals surface area contributed by atoms with Gasteiger partial charge in [-0.25, -0.2) is 0 Å². The van der Waals surface area contributed by atoms with Crippen LogP contribution in [-0.4, -0.2) is 4.86 Å². The van der Waals surface area contributed by atoms with Crippen molar-refractivity contribution in [1.29, 1.82) is 0 Å². The maximum Gasteiger partial charge on any atom is 0.0302 e. The molecule has 1 rings (SSSR count). The molecule has 0 saturated carbocycles. The Hall–Kier alpha value is -0.950. The molecule has 0 aromatic heterocycles. The summed E-state index contributed by atoms with van der Waals surface area (Å²) in [7, 11) is 0. The molecule has 0 aliphatic heterocycles. The molecule has 1 radical (unpaired) electrons. The summed E-state index contributed by atoms with van der Waals surface area (Å²) in [6, 6.07) is 9.89. The van der Waals surface area contributed by atoms with E-state index in [0.29, 0.717) is 0 Å². The van der Waals surface area contributed by atoms with E-state index in [1.54, 1.807) is 6.08 Å². The van der Waals surface area contributed by atoms with Gasteiger partial charge in [0.05, 0.1) is 0 Å². The molecule has 0 spiro atoms. The molecule has 1 aromatic carbocycles. The topological polar surface area (TPSA) is 0 Å². The van der Waals surface area contributed by atoms with Crippen molar-refractivity contribution in [1.82, 2.24) is 0 Å². The second-order valence-corrected chi connectivity index (χ2v) is 2.57. The van der Waals surface area contributed by atoms with Crippen molar-refractivity contribution in [2.24, 2.45) is 0 Å². The molecule has 0 atom stereocenters. The van der Waals surface area contributed by atoms with Crippen molar-refractivity contribution in [2.75, 3.05) is 0 Å². The average molecular weight is 161 g/mol. The summed E-state index contributed by atoms with van der Waals surface area (Å²) in [5.41, 5.74) is 1.07. The molecule has 11 heavy (non-hydrogen) atoms. The van der Waals surface area contributed by atoms with Crippen LogP contribution in [0.4, 0.5) is 0 Å². The van der Waals surface area contributed by atoms with Gasteiger partial charge in [0, 0.05) is 11.3 Å². The van der Waals surface area contributed by atoms with Crippen LogP contribution in [0.3, 0.4) is 0 Å². The van der Waals surface area contributed by atoms with Gasteiger partial charge < -0.3 is 0 Å². The van der Waals surface area contributed by atoms with Crippen molar-refractivity contribution >= 4 is 17.1 Å². The number of thiocarbonyl (C=S) groups is 1. The highest BCUT2D eigenvalue weighted by Crippen LogP contribution is 2.03. The predicted octanol–water partition coefficient (Wildman–Crippen LogP) is 2.79. The minimum absolute atomic E-state index is 0.834. The fourth-order valence-corrected chi connectivity index (χ4v) is 1.04. The van der Waals surface area contributed by atoms with Crippen molar-refractivity contribution in [3.63, 3.8) is 0 Å². The quantitative estimate of drug-likeness (QED) is 0.485. The largest absolute Gasteiger partial charge is 0.102 e. The van der Waals surface area contributed by atoms with Crippen molar-refractivity contribution in [2.45, 2.75) is 0 Å².